The van der Waals surface area contributed by atoms with Crippen LogP contribution >= 0.6 is 11.6 Å². The predicted octanol–water partition coefficient (Wildman–Crippen LogP) is 4.55. The maximum absolute atomic E-state index is 12.2. The van der Waals surface area contributed by atoms with Crippen LogP contribution in [0.1, 0.15) is 25.5 Å². The number of halogens is 1. The van der Waals surface area contributed by atoms with Gasteiger partial charge in [0.2, 0.25) is 0 Å². The minimum Gasteiger partial charge on any atom is -0.491 e. The third-order valence-corrected chi connectivity index (χ3v) is 4.17. The molecule has 0 aliphatic carbocycles. The number of carbonyl (C=O) groups is 1. The Morgan fingerprint density at radius 1 is 1.12 bits per heavy atom. The molecule has 140 valence electrons. The van der Waals surface area contributed by atoms with Crippen molar-refractivity contribution in [3.05, 3.63) is 59.1 Å². The number of amides is 2. The molecule has 2 aromatic carbocycles. The summed E-state index contributed by atoms with van der Waals surface area (Å²) >= 11 is 6.29. The van der Waals surface area contributed by atoms with E-state index in [1.807, 2.05) is 81.4 Å². The molecule has 0 spiro atoms. The Balaban J connectivity index is 1.93. The van der Waals surface area contributed by atoms with E-state index < -0.39 is 0 Å². The van der Waals surface area contributed by atoms with E-state index in [1.54, 1.807) is 0 Å². The number of rotatable bonds is 7. The number of benzene rings is 2. The van der Waals surface area contributed by atoms with E-state index in [1.165, 1.54) is 0 Å². The number of anilines is 1. The maximum atomic E-state index is 12.2. The second-order valence-electron chi connectivity index (χ2n) is 6.53. The third kappa shape index (κ3) is 5.93. The van der Waals surface area contributed by atoms with Gasteiger partial charge in [0.05, 0.1) is 12.1 Å². The number of ether oxygens (including phenoxy) is 1. The van der Waals surface area contributed by atoms with E-state index in [0.717, 1.165) is 11.3 Å². The Hall–Kier alpha value is -2.24. The molecule has 0 heterocycles. The number of likely N-dealkylation sites (N-methyl/N-ethyl adjacent to an activating group) is 1. The second-order valence-corrected chi connectivity index (χ2v) is 6.93. The average Bonchev–Trinajstić information content (AvgIpc) is 2.57. The molecule has 0 saturated heterocycles. The van der Waals surface area contributed by atoms with Gasteiger partial charge in [-0.15, -0.1) is 0 Å². The molecule has 0 radical (unpaired) electrons. The van der Waals surface area contributed by atoms with Gasteiger partial charge in [0, 0.05) is 17.3 Å². The highest BCUT2D eigenvalue weighted by Gasteiger charge is 2.17. The van der Waals surface area contributed by atoms with Crippen LogP contribution in [-0.2, 0) is 0 Å². The quantitative estimate of drug-likeness (QED) is 0.746. The highest BCUT2D eigenvalue weighted by Crippen LogP contribution is 2.25. The van der Waals surface area contributed by atoms with Gasteiger partial charge in [-0.2, -0.15) is 0 Å². The lowest BCUT2D eigenvalue weighted by atomic mass is 10.1. The molecule has 0 saturated carbocycles. The lowest BCUT2D eigenvalue weighted by Gasteiger charge is -2.26. The lowest BCUT2D eigenvalue weighted by Crippen LogP contribution is -2.37. The van der Waals surface area contributed by atoms with Crippen molar-refractivity contribution >= 4 is 23.3 Å². The number of carbonyl (C=O) groups excluding carboxylic acids is 1. The zero-order valence-electron chi connectivity index (χ0n) is 15.6. The standard InChI is InChI=1S/C20H26ClN3O2/c1-14(2)26-16-11-9-15(10-12-16)23-20(25)22-13-19(24(3)4)17-7-5-6-8-18(17)21/h5-12,14,19H,13H2,1-4H3,(H2,22,23,25). The van der Waals surface area contributed by atoms with E-state index in [0.29, 0.717) is 17.3 Å². The Bertz CT molecular complexity index is 717. The van der Waals surface area contributed by atoms with Crippen molar-refractivity contribution in [3.63, 3.8) is 0 Å². The summed E-state index contributed by atoms with van der Waals surface area (Å²) in [6.07, 6.45) is 0.116. The molecule has 1 unspecified atom stereocenters. The van der Waals surface area contributed by atoms with Crippen molar-refractivity contribution in [1.29, 1.82) is 0 Å². The molecule has 5 nitrogen and oxygen atoms in total. The Kier molecular flexibility index (Phi) is 7.30. The highest BCUT2D eigenvalue weighted by atomic mass is 35.5. The van der Waals surface area contributed by atoms with Crippen molar-refractivity contribution in [2.75, 3.05) is 26.0 Å². The van der Waals surface area contributed by atoms with Crippen LogP contribution in [0, 0.1) is 0 Å². The average molecular weight is 376 g/mol. The van der Waals surface area contributed by atoms with Crippen LogP contribution in [0.3, 0.4) is 0 Å². The minimum atomic E-state index is -0.263. The molecule has 2 N–H and O–H groups in total. The molecular formula is C20H26ClN3O2. The van der Waals surface area contributed by atoms with Gasteiger partial charge in [-0.1, -0.05) is 29.8 Å². The lowest BCUT2D eigenvalue weighted by molar-refractivity contribution is 0.241. The van der Waals surface area contributed by atoms with Crippen LogP contribution in [0.5, 0.6) is 5.75 Å². The molecule has 2 aromatic rings. The summed E-state index contributed by atoms with van der Waals surface area (Å²) in [4.78, 5) is 14.2. The van der Waals surface area contributed by atoms with E-state index in [-0.39, 0.29) is 18.2 Å². The van der Waals surface area contributed by atoms with Gasteiger partial charge < -0.3 is 20.3 Å². The Labute approximate surface area is 160 Å². The predicted molar refractivity (Wildman–Crippen MR) is 107 cm³/mol. The summed E-state index contributed by atoms with van der Waals surface area (Å²) in [5.74, 6) is 0.775. The topological polar surface area (TPSA) is 53.6 Å². The zero-order valence-corrected chi connectivity index (χ0v) is 16.4. The molecule has 0 aliphatic heterocycles. The summed E-state index contributed by atoms with van der Waals surface area (Å²) in [7, 11) is 3.92. The van der Waals surface area contributed by atoms with Gasteiger partial charge in [-0.25, -0.2) is 4.79 Å². The number of urea groups is 1. The summed E-state index contributed by atoms with van der Waals surface area (Å²) in [6.45, 7) is 4.39. The molecule has 0 aromatic heterocycles. The van der Waals surface area contributed by atoms with Crippen LogP contribution in [0.2, 0.25) is 5.02 Å². The molecule has 2 rings (SSSR count). The fraction of sp³-hybridized carbons (Fsp3) is 0.350. The maximum Gasteiger partial charge on any atom is 0.319 e. The molecular weight excluding hydrogens is 350 g/mol. The van der Waals surface area contributed by atoms with Crippen molar-refractivity contribution in [2.24, 2.45) is 0 Å². The van der Waals surface area contributed by atoms with Crippen molar-refractivity contribution in [3.8, 4) is 5.75 Å². The van der Waals surface area contributed by atoms with Crippen molar-refractivity contribution in [2.45, 2.75) is 26.0 Å². The number of hydrogen-bond acceptors (Lipinski definition) is 3. The first-order chi connectivity index (χ1) is 12.4. The van der Waals surface area contributed by atoms with E-state index in [4.69, 9.17) is 16.3 Å². The summed E-state index contributed by atoms with van der Waals surface area (Å²) in [5, 5.41) is 6.42. The normalized spacial score (nSPS) is 12.1. The smallest absolute Gasteiger partial charge is 0.319 e. The number of nitrogens with zero attached hydrogens (tertiary/aromatic N) is 1. The van der Waals surface area contributed by atoms with Gasteiger partial charge in [-0.3, -0.25) is 0 Å². The fourth-order valence-electron chi connectivity index (χ4n) is 2.57. The van der Waals surface area contributed by atoms with Crippen molar-refractivity contribution < 1.29 is 9.53 Å². The first-order valence-electron chi connectivity index (χ1n) is 8.59. The monoisotopic (exact) mass is 375 g/mol. The molecule has 0 aliphatic rings. The highest BCUT2D eigenvalue weighted by molar-refractivity contribution is 6.31. The van der Waals surface area contributed by atoms with Crippen LogP contribution < -0.4 is 15.4 Å². The number of hydrogen-bond donors (Lipinski definition) is 2. The second kappa shape index (κ2) is 9.46. The SMILES string of the molecule is CC(C)Oc1ccc(NC(=O)NCC(c2ccccc2Cl)N(C)C)cc1. The number of nitrogens with one attached hydrogen (secondary N) is 2. The summed E-state index contributed by atoms with van der Waals surface area (Å²) < 4.78 is 5.59. The molecule has 0 bridgehead atoms. The summed E-state index contributed by atoms with van der Waals surface area (Å²) in [6, 6.07) is 14.7. The van der Waals surface area contributed by atoms with Crippen LogP contribution in [-0.4, -0.2) is 37.7 Å². The van der Waals surface area contributed by atoms with Crippen LogP contribution in [0.15, 0.2) is 48.5 Å². The zero-order chi connectivity index (χ0) is 19.1. The molecule has 1 atom stereocenters. The van der Waals surface area contributed by atoms with Gasteiger partial charge in [0.15, 0.2) is 0 Å². The minimum absolute atomic E-state index is 0.0173. The first-order valence-corrected chi connectivity index (χ1v) is 8.97. The molecule has 2 amide bonds. The van der Waals surface area contributed by atoms with Gasteiger partial charge >= 0.3 is 6.03 Å². The van der Waals surface area contributed by atoms with Crippen molar-refractivity contribution in [1.82, 2.24) is 10.2 Å². The van der Waals surface area contributed by atoms with Gasteiger partial charge in [0.25, 0.3) is 0 Å². The van der Waals surface area contributed by atoms with Gasteiger partial charge in [-0.05, 0) is 63.8 Å². The van der Waals surface area contributed by atoms with Crippen LogP contribution in [0.4, 0.5) is 10.5 Å². The molecule has 26 heavy (non-hydrogen) atoms. The molecule has 0 fully saturated rings. The first kappa shape index (κ1) is 20.1. The van der Waals surface area contributed by atoms with Crippen LogP contribution in [0.25, 0.3) is 0 Å². The van der Waals surface area contributed by atoms with E-state index >= 15 is 0 Å². The van der Waals surface area contributed by atoms with E-state index in [9.17, 15) is 4.79 Å². The Morgan fingerprint density at radius 3 is 2.35 bits per heavy atom. The molecule has 6 heteroatoms. The Morgan fingerprint density at radius 2 is 1.77 bits per heavy atom. The summed E-state index contributed by atoms with van der Waals surface area (Å²) in [5.41, 5.74) is 1.69. The fourth-order valence-corrected chi connectivity index (χ4v) is 2.83. The van der Waals surface area contributed by atoms with Gasteiger partial charge in [0.1, 0.15) is 5.75 Å². The largest absolute Gasteiger partial charge is 0.491 e. The third-order valence-electron chi connectivity index (χ3n) is 3.83. The van der Waals surface area contributed by atoms with E-state index in [2.05, 4.69) is 10.6 Å².